The van der Waals surface area contributed by atoms with Gasteiger partial charge in [-0.05, 0) is 24.0 Å². The largest absolute Gasteiger partial charge is 0.218 e. The van der Waals surface area contributed by atoms with Crippen LogP contribution in [0.5, 0.6) is 0 Å². The van der Waals surface area contributed by atoms with E-state index in [-0.39, 0.29) is 11.8 Å². The third-order valence-corrected chi connectivity index (χ3v) is 5.57. The maximum Gasteiger partial charge on any atom is 0.218 e. The van der Waals surface area contributed by atoms with Crippen LogP contribution >= 0.6 is 11.6 Å². The first-order valence-electron chi connectivity index (χ1n) is 6.54. The zero-order chi connectivity index (χ0) is 14.5. The van der Waals surface area contributed by atoms with Crippen molar-refractivity contribution in [3.63, 3.8) is 0 Å². The van der Waals surface area contributed by atoms with Crippen LogP contribution in [0.25, 0.3) is 0 Å². The van der Waals surface area contributed by atoms with Crippen molar-refractivity contribution >= 4 is 21.6 Å². The Hall–Kier alpha value is -0.580. The first kappa shape index (κ1) is 16.5. The van der Waals surface area contributed by atoms with Crippen LogP contribution in [0.4, 0.5) is 0 Å². The number of halogens is 1. The second-order valence-corrected chi connectivity index (χ2v) is 6.99. The van der Waals surface area contributed by atoms with Crippen molar-refractivity contribution in [2.45, 2.75) is 44.4 Å². The molecule has 5 heteroatoms. The van der Waals surface area contributed by atoms with Gasteiger partial charge in [0.05, 0.1) is 5.75 Å². The highest BCUT2D eigenvalue weighted by atomic mass is 35.5. The van der Waals surface area contributed by atoms with E-state index in [9.17, 15) is 8.42 Å². The van der Waals surface area contributed by atoms with Crippen molar-refractivity contribution in [3.05, 3.63) is 35.4 Å². The van der Waals surface area contributed by atoms with Crippen LogP contribution in [0.2, 0.25) is 0 Å². The number of benzene rings is 1. The number of nitrogens with zero attached hydrogens (tertiary/aromatic N) is 1. The van der Waals surface area contributed by atoms with E-state index in [1.807, 2.05) is 38.1 Å². The monoisotopic (exact) mass is 303 g/mol. The second kappa shape index (κ2) is 7.27. The van der Waals surface area contributed by atoms with Crippen molar-refractivity contribution in [1.29, 1.82) is 0 Å². The molecule has 0 atom stereocenters. The summed E-state index contributed by atoms with van der Waals surface area (Å²) in [5.41, 5.74) is 1.73. The molecule has 3 nitrogen and oxygen atoms in total. The van der Waals surface area contributed by atoms with Gasteiger partial charge in [0.2, 0.25) is 10.0 Å². The Balaban J connectivity index is 2.89. The molecule has 0 aliphatic rings. The molecule has 0 N–H and O–H groups in total. The third-order valence-electron chi connectivity index (χ3n) is 3.39. The molecule has 0 aliphatic heterocycles. The van der Waals surface area contributed by atoms with Crippen molar-refractivity contribution < 1.29 is 8.42 Å². The van der Waals surface area contributed by atoms with E-state index in [1.54, 1.807) is 7.05 Å². The van der Waals surface area contributed by atoms with Crippen LogP contribution in [0.1, 0.15) is 37.8 Å². The van der Waals surface area contributed by atoms with Gasteiger partial charge < -0.3 is 0 Å². The van der Waals surface area contributed by atoms with Crippen LogP contribution in [-0.4, -0.2) is 25.8 Å². The van der Waals surface area contributed by atoms with Gasteiger partial charge in [-0.2, -0.15) is 0 Å². The molecule has 1 rings (SSSR count). The zero-order valence-corrected chi connectivity index (χ0v) is 13.3. The molecule has 0 bridgehead atoms. The maximum absolute atomic E-state index is 12.4. The fraction of sp³-hybridized carbons (Fsp3) is 0.571. The lowest BCUT2D eigenvalue weighted by atomic mass is 10.2. The molecule has 0 aliphatic carbocycles. The first-order valence-corrected chi connectivity index (χ1v) is 8.68. The van der Waals surface area contributed by atoms with Gasteiger partial charge in [-0.15, -0.1) is 11.6 Å². The fourth-order valence-corrected chi connectivity index (χ4v) is 3.87. The van der Waals surface area contributed by atoms with Gasteiger partial charge in [0, 0.05) is 19.0 Å². The minimum absolute atomic E-state index is 0.0325. The molecule has 0 amide bonds. The quantitative estimate of drug-likeness (QED) is 0.724. The van der Waals surface area contributed by atoms with Gasteiger partial charge in [-0.1, -0.05) is 38.1 Å². The van der Waals surface area contributed by atoms with Crippen LogP contribution in [0.3, 0.4) is 0 Å². The smallest absolute Gasteiger partial charge is 0.212 e. The van der Waals surface area contributed by atoms with Crippen LogP contribution in [-0.2, 0) is 21.7 Å². The number of sulfonamides is 1. The van der Waals surface area contributed by atoms with Gasteiger partial charge in [-0.3, -0.25) is 0 Å². The van der Waals surface area contributed by atoms with E-state index in [0.717, 1.165) is 24.0 Å². The van der Waals surface area contributed by atoms with E-state index in [0.29, 0.717) is 5.88 Å². The molecule has 0 heterocycles. The number of hydrogen-bond acceptors (Lipinski definition) is 2. The Bertz CT molecular complexity index is 498. The molecule has 19 heavy (non-hydrogen) atoms. The summed E-state index contributed by atoms with van der Waals surface area (Å²) in [5.74, 6) is 0.432. The molecule has 0 fully saturated rings. The van der Waals surface area contributed by atoms with Crippen molar-refractivity contribution in [3.8, 4) is 0 Å². The summed E-state index contributed by atoms with van der Waals surface area (Å²) in [4.78, 5) is 0. The molecule has 0 spiro atoms. The summed E-state index contributed by atoms with van der Waals surface area (Å²) in [6.45, 7) is 4.02. The normalized spacial score (nSPS) is 12.3. The van der Waals surface area contributed by atoms with Gasteiger partial charge in [0.25, 0.3) is 0 Å². The molecule has 0 radical (unpaired) electrons. The van der Waals surface area contributed by atoms with E-state index in [4.69, 9.17) is 11.6 Å². The number of hydrogen-bond donors (Lipinski definition) is 0. The molecule has 108 valence electrons. The molecular weight excluding hydrogens is 282 g/mol. The SMILES string of the molecule is CCC(CC)N(C)S(=O)(=O)Cc1cccc(CCl)c1. The highest BCUT2D eigenvalue weighted by molar-refractivity contribution is 7.88. The predicted octanol–water partition coefficient (Wildman–Crippen LogP) is 3.38. The van der Waals surface area contributed by atoms with Gasteiger partial charge in [0.1, 0.15) is 0 Å². The molecule has 0 saturated carbocycles. The average Bonchev–Trinajstić information content (AvgIpc) is 2.39. The zero-order valence-electron chi connectivity index (χ0n) is 11.8. The molecule has 0 aromatic heterocycles. The molecule has 1 aromatic carbocycles. The molecule has 0 unspecified atom stereocenters. The summed E-state index contributed by atoms with van der Waals surface area (Å²) in [5, 5.41) is 0. The first-order chi connectivity index (χ1) is 8.94. The summed E-state index contributed by atoms with van der Waals surface area (Å²) in [6.07, 6.45) is 1.65. The minimum Gasteiger partial charge on any atom is -0.212 e. The Morgan fingerprint density at radius 2 is 1.79 bits per heavy atom. The minimum atomic E-state index is -3.27. The lowest BCUT2D eigenvalue weighted by molar-refractivity contribution is 0.349. The van der Waals surface area contributed by atoms with Gasteiger partial charge in [0.15, 0.2) is 0 Å². The van der Waals surface area contributed by atoms with Crippen LogP contribution in [0, 0.1) is 0 Å². The molecule has 1 aromatic rings. The average molecular weight is 304 g/mol. The Morgan fingerprint density at radius 3 is 2.32 bits per heavy atom. The molecular formula is C14H22ClNO2S. The predicted molar refractivity (Wildman–Crippen MR) is 80.8 cm³/mol. The Labute approximate surface area is 121 Å². The lowest BCUT2D eigenvalue weighted by Crippen LogP contribution is -2.37. The highest BCUT2D eigenvalue weighted by Gasteiger charge is 2.24. The summed E-state index contributed by atoms with van der Waals surface area (Å²) < 4.78 is 26.2. The fourth-order valence-electron chi connectivity index (χ4n) is 2.15. The topological polar surface area (TPSA) is 37.4 Å². The van der Waals surface area contributed by atoms with E-state index in [1.165, 1.54) is 4.31 Å². The van der Waals surface area contributed by atoms with Crippen LogP contribution in [0.15, 0.2) is 24.3 Å². The van der Waals surface area contributed by atoms with Crippen molar-refractivity contribution in [2.75, 3.05) is 7.05 Å². The summed E-state index contributed by atoms with van der Waals surface area (Å²) in [6, 6.07) is 7.49. The maximum atomic E-state index is 12.4. The van der Waals surface area contributed by atoms with Crippen LogP contribution < -0.4 is 0 Å². The lowest BCUT2D eigenvalue weighted by Gasteiger charge is -2.25. The summed E-state index contributed by atoms with van der Waals surface area (Å²) >= 11 is 5.77. The Morgan fingerprint density at radius 1 is 1.21 bits per heavy atom. The number of alkyl halides is 1. The van der Waals surface area contributed by atoms with E-state index < -0.39 is 10.0 Å². The number of rotatable bonds is 7. The highest BCUT2D eigenvalue weighted by Crippen LogP contribution is 2.17. The Kier molecular flexibility index (Phi) is 6.30. The standard InChI is InChI=1S/C14H22ClNO2S/c1-4-14(5-2)16(3)19(17,18)11-13-8-6-7-12(9-13)10-15/h6-9,14H,4-5,10-11H2,1-3H3. The van der Waals surface area contributed by atoms with Gasteiger partial charge >= 0.3 is 0 Å². The molecule has 0 saturated heterocycles. The van der Waals surface area contributed by atoms with E-state index in [2.05, 4.69) is 0 Å². The van der Waals surface area contributed by atoms with Crippen molar-refractivity contribution in [1.82, 2.24) is 4.31 Å². The van der Waals surface area contributed by atoms with Gasteiger partial charge in [-0.25, -0.2) is 12.7 Å². The third kappa shape index (κ3) is 4.48. The van der Waals surface area contributed by atoms with E-state index >= 15 is 0 Å². The second-order valence-electron chi connectivity index (χ2n) is 4.70. The van der Waals surface area contributed by atoms with Crippen molar-refractivity contribution in [2.24, 2.45) is 0 Å². The summed E-state index contributed by atoms with van der Waals surface area (Å²) in [7, 11) is -1.61.